The summed E-state index contributed by atoms with van der Waals surface area (Å²) < 4.78 is 39.4. The predicted octanol–water partition coefficient (Wildman–Crippen LogP) is 4.90. The topological polar surface area (TPSA) is 74.2 Å². The monoisotopic (exact) mass is 387 g/mol. The van der Waals surface area contributed by atoms with Crippen molar-refractivity contribution in [2.75, 3.05) is 5.32 Å². The molecular weight excluding hydrogens is 371 g/mol. The maximum absolute atomic E-state index is 13.1. The number of anilines is 1. The summed E-state index contributed by atoms with van der Waals surface area (Å²) in [6.45, 7) is 0. The zero-order valence-corrected chi connectivity index (χ0v) is 14.4. The molecule has 0 bridgehead atoms. The lowest BCUT2D eigenvalue weighted by molar-refractivity contribution is -0.140. The van der Waals surface area contributed by atoms with Crippen LogP contribution in [-0.2, 0) is 6.18 Å². The van der Waals surface area contributed by atoms with Gasteiger partial charge in [-0.2, -0.15) is 13.2 Å². The number of nitrogens with one attached hydrogen (secondary N) is 2. The molecule has 1 aromatic carbocycles. The summed E-state index contributed by atoms with van der Waals surface area (Å²) >= 11 is 5.99. The summed E-state index contributed by atoms with van der Waals surface area (Å²) in [6, 6.07) is 5.38. The van der Waals surface area contributed by atoms with Crippen molar-refractivity contribution >= 4 is 34.3 Å². The van der Waals surface area contributed by atoms with Crippen molar-refractivity contribution in [1.82, 2.24) is 10.3 Å². The fourth-order valence-corrected chi connectivity index (χ4v) is 3.41. The zero-order chi connectivity index (χ0) is 18.9. The molecule has 0 spiro atoms. The van der Waals surface area contributed by atoms with E-state index in [-0.39, 0.29) is 17.6 Å². The SMILES string of the molecule is O=C(O)NC1CCC(Nc2cc(C(F)(F)F)nc3ccc(Cl)cc23)CC1. The number of pyridine rings is 1. The van der Waals surface area contributed by atoms with Gasteiger partial charge < -0.3 is 15.7 Å². The Bertz CT molecular complexity index is 821. The Balaban J connectivity index is 1.85. The molecule has 5 nitrogen and oxygen atoms in total. The predicted molar refractivity (Wildman–Crippen MR) is 92.6 cm³/mol. The van der Waals surface area contributed by atoms with E-state index in [4.69, 9.17) is 16.7 Å². The first-order chi connectivity index (χ1) is 12.2. The standard InChI is InChI=1S/C17H17ClF3N3O2/c18-9-1-6-13-12(7-9)14(8-15(24-13)17(19,20)21)22-10-2-4-11(5-3-10)23-16(25)26/h1,6-8,10-11,23H,2-5H2,(H,22,24)(H,25,26). The molecule has 0 aliphatic heterocycles. The van der Waals surface area contributed by atoms with Crippen LogP contribution in [0.4, 0.5) is 23.7 Å². The highest BCUT2D eigenvalue weighted by molar-refractivity contribution is 6.31. The number of nitrogens with zero attached hydrogens (tertiary/aromatic N) is 1. The van der Waals surface area contributed by atoms with Crippen LogP contribution in [0, 0.1) is 0 Å². The Kier molecular flexibility index (Phi) is 5.13. The van der Waals surface area contributed by atoms with E-state index < -0.39 is 18.0 Å². The fraction of sp³-hybridized carbons (Fsp3) is 0.412. The highest BCUT2D eigenvalue weighted by Crippen LogP contribution is 2.35. The van der Waals surface area contributed by atoms with Crippen LogP contribution in [-0.4, -0.2) is 28.3 Å². The number of hydrogen-bond acceptors (Lipinski definition) is 3. The molecule has 9 heteroatoms. The minimum atomic E-state index is -4.55. The van der Waals surface area contributed by atoms with E-state index in [9.17, 15) is 18.0 Å². The summed E-state index contributed by atoms with van der Waals surface area (Å²) in [5, 5.41) is 15.3. The molecule has 2 aromatic rings. The molecule has 1 amide bonds. The second-order valence-electron chi connectivity index (χ2n) is 6.36. The van der Waals surface area contributed by atoms with Crippen LogP contribution in [0.5, 0.6) is 0 Å². The van der Waals surface area contributed by atoms with Crippen molar-refractivity contribution in [3.05, 3.63) is 35.0 Å². The van der Waals surface area contributed by atoms with Crippen LogP contribution in [0.2, 0.25) is 5.02 Å². The molecule has 1 aliphatic carbocycles. The van der Waals surface area contributed by atoms with E-state index in [0.29, 0.717) is 41.8 Å². The van der Waals surface area contributed by atoms with Crippen molar-refractivity contribution in [3.8, 4) is 0 Å². The van der Waals surface area contributed by atoms with Gasteiger partial charge in [0.1, 0.15) is 5.69 Å². The van der Waals surface area contributed by atoms with E-state index in [1.54, 1.807) is 6.07 Å². The molecular formula is C17H17ClF3N3O2. The van der Waals surface area contributed by atoms with E-state index in [1.807, 2.05) is 0 Å². The average Bonchev–Trinajstić information content (AvgIpc) is 2.55. The lowest BCUT2D eigenvalue weighted by atomic mass is 9.91. The van der Waals surface area contributed by atoms with Crippen LogP contribution in [0.25, 0.3) is 10.9 Å². The van der Waals surface area contributed by atoms with E-state index in [0.717, 1.165) is 6.07 Å². The first-order valence-corrected chi connectivity index (χ1v) is 8.53. The fourth-order valence-electron chi connectivity index (χ4n) is 3.24. The number of halogens is 4. The molecule has 0 unspecified atom stereocenters. The lowest BCUT2D eigenvalue weighted by Crippen LogP contribution is -2.39. The summed E-state index contributed by atoms with van der Waals surface area (Å²) in [5.74, 6) is 0. The molecule has 1 heterocycles. The van der Waals surface area contributed by atoms with Gasteiger partial charge in [-0.05, 0) is 49.9 Å². The lowest BCUT2D eigenvalue weighted by Gasteiger charge is -2.30. The average molecular weight is 388 g/mol. The van der Waals surface area contributed by atoms with Gasteiger partial charge in [0.15, 0.2) is 0 Å². The molecule has 3 N–H and O–H groups in total. The summed E-state index contributed by atoms with van der Waals surface area (Å²) in [7, 11) is 0. The highest BCUT2D eigenvalue weighted by atomic mass is 35.5. The Morgan fingerprint density at radius 3 is 2.42 bits per heavy atom. The van der Waals surface area contributed by atoms with Crippen molar-refractivity contribution in [3.63, 3.8) is 0 Å². The second kappa shape index (κ2) is 7.19. The minimum absolute atomic E-state index is 0.0486. The smallest absolute Gasteiger partial charge is 0.433 e. The first-order valence-electron chi connectivity index (χ1n) is 8.16. The Labute approximate surface area is 152 Å². The second-order valence-corrected chi connectivity index (χ2v) is 6.79. The number of amides is 1. The van der Waals surface area contributed by atoms with Gasteiger partial charge in [-0.3, -0.25) is 0 Å². The molecule has 0 atom stereocenters. The number of rotatable bonds is 3. The van der Waals surface area contributed by atoms with Gasteiger partial charge in [-0.25, -0.2) is 9.78 Å². The van der Waals surface area contributed by atoms with Crippen LogP contribution in [0.15, 0.2) is 24.3 Å². The van der Waals surface area contributed by atoms with Crippen LogP contribution < -0.4 is 10.6 Å². The largest absolute Gasteiger partial charge is 0.465 e. The van der Waals surface area contributed by atoms with Gasteiger partial charge in [0, 0.05) is 28.2 Å². The number of carboxylic acid groups (broad SMARTS) is 1. The number of alkyl halides is 3. The van der Waals surface area contributed by atoms with Crippen LogP contribution >= 0.6 is 11.6 Å². The van der Waals surface area contributed by atoms with E-state index in [2.05, 4.69) is 15.6 Å². The van der Waals surface area contributed by atoms with Crippen LogP contribution in [0.3, 0.4) is 0 Å². The Morgan fingerprint density at radius 1 is 1.15 bits per heavy atom. The first kappa shape index (κ1) is 18.6. The molecule has 3 rings (SSSR count). The van der Waals surface area contributed by atoms with Crippen molar-refractivity contribution < 1.29 is 23.1 Å². The van der Waals surface area contributed by atoms with Crippen molar-refractivity contribution in [2.45, 2.75) is 43.9 Å². The summed E-state index contributed by atoms with van der Waals surface area (Å²) in [5.41, 5.74) is -0.413. The maximum Gasteiger partial charge on any atom is 0.433 e. The number of carbonyl (C=O) groups is 1. The molecule has 1 aliphatic rings. The minimum Gasteiger partial charge on any atom is -0.465 e. The molecule has 140 valence electrons. The number of aromatic nitrogens is 1. The molecule has 1 fully saturated rings. The van der Waals surface area contributed by atoms with Gasteiger partial charge in [0.05, 0.1) is 5.52 Å². The Hall–Kier alpha value is -2.22. The van der Waals surface area contributed by atoms with E-state index in [1.165, 1.54) is 12.1 Å². The van der Waals surface area contributed by atoms with Gasteiger partial charge in [0.2, 0.25) is 0 Å². The van der Waals surface area contributed by atoms with Crippen molar-refractivity contribution in [2.24, 2.45) is 0 Å². The van der Waals surface area contributed by atoms with Crippen molar-refractivity contribution in [1.29, 1.82) is 0 Å². The van der Waals surface area contributed by atoms with Crippen LogP contribution in [0.1, 0.15) is 31.4 Å². The van der Waals surface area contributed by atoms with Gasteiger partial charge in [-0.15, -0.1) is 0 Å². The number of fused-ring (bicyclic) bond motifs is 1. The quantitative estimate of drug-likeness (QED) is 0.700. The maximum atomic E-state index is 13.1. The molecule has 26 heavy (non-hydrogen) atoms. The third-order valence-corrected chi connectivity index (χ3v) is 4.71. The van der Waals surface area contributed by atoms with Gasteiger partial charge in [-0.1, -0.05) is 11.6 Å². The zero-order valence-electron chi connectivity index (χ0n) is 13.6. The third-order valence-electron chi connectivity index (χ3n) is 4.48. The third kappa shape index (κ3) is 4.30. The number of benzene rings is 1. The normalized spacial score (nSPS) is 20.8. The summed E-state index contributed by atoms with van der Waals surface area (Å²) in [6.07, 6.45) is -3.06. The highest BCUT2D eigenvalue weighted by Gasteiger charge is 2.34. The Morgan fingerprint density at radius 2 is 1.81 bits per heavy atom. The molecule has 1 saturated carbocycles. The van der Waals surface area contributed by atoms with E-state index >= 15 is 0 Å². The summed E-state index contributed by atoms with van der Waals surface area (Å²) in [4.78, 5) is 14.4. The van der Waals surface area contributed by atoms with Gasteiger partial charge >= 0.3 is 12.3 Å². The molecule has 1 aromatic heterocycles. The van der Waals surface area contributed by atoms with Gasteiger partial charge in [0.25, 0.3) is 0 Å². The molecule has 0 saturated heterocycles. The number of hydrogen-bond donors (Lipinski definition) is 3. The molecule has 0 radical (unpaired) electrons.